The summed E-state index contributed by atoms with van der Waals surface area (Å²) >= 11 is 5.66. The first-order valence-corrected chi connectivity index (χ1v) is 4.58. The van der Waals surface area contributed by atoms with Crippen LogP contribution in [0.5, 0.6) is 0 Å². The molecule has 2 N–H and O–H groups in total. The third-order valence-electron chi connectivity index (χ3n) is 2.06. The van der Waals surface area contributed by atoms with Crippen molar-refractivity contribution >= 4 is 23.3 Å². The maximum Gasteiger partial charge on any atom is 0.337 e. The summed E-state index contributed by atoms with van der Waals surface area (Å²) in [6.45, 7) is 1.44. The standard InChI is InChI=1S/C9H8ClNO5/c1-4-2-3-5(10)6(7(4)11(15)16)8(12)9(13)14/h2-3,8,12H,1H3,(H,13,14). The molecule has 1 aromatic carbocycles. The predicted molar refractivity (Wildman–Crippen MR) is 55.4 cm³/mol. The molecule has 1 unspecified atom stereocenters. The van der Waals surface area contributed by atoms with Crippen LogP contribution in [0, 0.1) is 17.0 Å². The monoisotopic (exact) mass is 245 g/mol. The summed E-state index contributed by atoms with van der Waals surface area (Å²) in [5.74, 6) is -1.59. The van der Waals surface area contributed by atoms with Crippen LogP contribution in [-0.4, -0.2) is 21.1 Å². The molecule has 16 heavy (non-hydrogen) atoms. The van der Waals surface area contributed by atoms with Crippen molar-refractivity contribution in [2.24, 2.45) is 0 Å². The van der Waals surface area contributed by atoms with E-state index in [0.29, 0.717) is 0 Å². The van der Waals surface area contributed by atoms with Crippen LogP contribution in [0.1, 0.15) is 17.2 Å². The first-order valence-electron chi connectivity index (χ1n) is 4.20. The number of nitro groups is 1. The number of aliphatic hydroxyl groups excluding tert-OH is 1. The molecule has 1 aromatic rings. The second-order valence-electron chi connectivity index (χ2n) is 3.12. The number of hydrogen-bond donors (Lipinski definition) is 2. The molecule has 0 aliphatic carbocycles. The quantitative estimate of drug-likeness (QED) is 0.623. The minimum atomic E-state index is -2.01. The summed E-state index contributed by atoms with van der Waals surface area (Å²) in [4.78, 5) is 20.6. The highest BCUT2D eigenvalue weighted by Crippen LogP contribution is 2.34. The maximum atomic E-state index is 10.8. The summed E-state index contributed by atoms with van der Waals surface area (Å²) in [7, 11) is 0. The molecule has 0 fully saturated rings. The number of carboxylic acids is 1. The summed E-state index contributed by atoms with van der Waals surface area (Å²) < 4.78 is 0. The van der Waals surface area contributed by atoms with E-state index in [0.717, 1.165) is 0 Å². The van der Waals surface area contributed by atoms with Gasteiger partial charge in [-0.25, -0.2) is 4.79 Å². The summed E-state index contributed by atoms with van der Waals surface area (Å²) in [5.41, 5.74) is -0.619. The van der Waals surface area contributed by atoms with Gasteiger partial charge in [-0.2, -0.15) is 0 Å². The third-order valence-corrected chi connectivity index (χ3v) is 2.39. The van der Waals surface area contributed by atoms with Crippen LogP contribution >= 0.6 is 11.6 Å². The Hall–Kier alpha value is -1.66. The van der Waals surface area contributed by atoms with Crippen LogP contribution in [0.4, 0.5) is 5.69 Å². The van der Waals surface area contributed by atoms with E-state index in [9.17, 15) is 20.0 Å². The molecule has 0 heterocycles. The van der Waals surface area contributed by atoms with Gasteiger partial charge in [-0.3, -0.25) is 10.1 Å². The number of carbonyl (C=O) groups is 1. The molecule has 0 spiro atoms. The maximum absolute atomic E-state index is 10.8. The average molecular weight is 246 g/mol. The molecule has 1 rings (SSSR count). The Bertz CT molecular complexity index is 459. The number of benzene rings is 1. The highest BCUT2D eigenvalue weighted by atomic mass is 35.5. The van der Waals surface area contributed by atoms with Gasteiger partial charge in [-0.1, -0.05) is 17.7 Å². The van der Waals surface area contributed by atoms with Crippen molar-refractivity contribution in [3.05, 3.63) is 38.4 Å². The van der Waals surface area contributed by atoms with Crippen molar-refractivity contribution in [3.8, 4) is 0 Å². The Morgan fingerprint density at radius 2 is 2.12 bits per heavy atom. The van der Waals surface area contributed by atoms with Crippen molar-refractivity contribution in [1.29, 1.82) is 0 Å². The highest BCUT2D eigenvalue weighted by Gasteiger charge is 2.30. The first kappa shape index (κ1) is 12.4. The van der Waals surface area contributed by atoms with E-state index in [1.807, 2.05) is 0 Å². The van der Waals surface area contributed by atoms with Crippen LogP contribution in [0.15, 0.2) is 12.1 Å². The molecule has 0 amide bonds. The second-order valence-corrected chi connectivity index (χ2v) is 3.53. The molecule has 86 valence electrons. The number of halogens is 1. The summed E-state index contributed by atoms with van der Waals surface area (Å²) in [6, 6.07) is 2.70. The summed E-state index contributed by atoms with van der Waals surface area (Å²) in [5, 5.41) is 28.6. The normalized spacial score (nSPS) is 12.2. The van der Waals surface area contributed by atoms with Gasteiger partial charge in [0.05, 0.1) is 15.5 Å². The molecule has 0 saturated carbocycles. The van der Waals surface area contributed by atoms with Gasteiger partial charge in [0.25, 0.3) is 5.69 Å². The first-order chi connectivity index (χ1) is 7.36. The Kier molecular flexibility index (Phi) is 3.46. The minimum Gasteiger partial charge on any atom is -0.479 e. The Morgan fingerprint density at radius 3 is 2.56 bits per heavy atom. The zero-order valence-corrected chi connectivity index (χ0v) is 8.93. The number of nitrogens with zero attached hydrogens (tertiary/aromatic N) is 1. The smallest absolute Gasteiger partial charge is 0.337 e. The van der Waals surface area contributed by atoms with Crippen molar-refractivity contribution in [3.63, 3.8) is 0 Å². The lowest BCUT2D eigenvalue weighted by Crippen LogP contribution is -2.13. The molecule has 6 nitrogen and oxygen atoms in total. The zero-order valence-electron chi connectivity index (χ0n) is 8.18. The van der Waals surface area contributed by atoms with E-state index in [1.165, 1.54) is 19.1 Å². The lowest BCUT2D eigenvalue weighted by molar-refractivity contribution is -0.386. The second kappa shape index (κ2) is 4.46. The van der Waals surface area contributed by atoms with Crippen LogP contribution in [0.3, 0.4) is 0 Å². The van der Waals surface area contributed by atoms with Crippen molar-refractivity contribution in [2.75, 3.05) is 0 Å². The number of aliphatic carboxylic acids is 1. The molecular weight excluding hydrogens is 238 g/mol. The molecule has 0 aliphatic heterocycles. The van der Waals surface area contributed by atoms with Crippen molar-refractivity contribution in [1.82, 2.24) is 0 Å². The Balaban J connectivity index is 3.52. The number of carboxylic acid groups (broad SMARTS) is 1. The molecule has 1 atom stereocenters. The SMILES string of the molecule is Cc1ccc(Cl)c(C(O)C(=O)O)c1[N+](=O)[O-]. The third kappa shape index (κ3) is 2.12. The molecule has 0 saturated heterocycles. The molecular formula is C9H8ClNO5. The lowest BCUT2D eigenvalue weighted by atomic mass is 10.0. The highest BCUT2D eigenvalue weighted by molar-refractivity contribution is 6.32. The molecule has 0 aromatic heterocycles. The van der Waals surface area contributed by atoms with E-state index >= 15 is 0 Å². The molecule has 7 heteroatoms. The zero-order chi connectivity index (χ0) is 12.5. The van der Waals surface area contributed by atoms with Gasteiger partial charge < -0.3 is 10.2 Å². The Labute approximate surface area is 95.2 Å². The fourth-order valence-corrected chi connectivity index (χ4v) is 1.57. The van der Waals surface area contributed by atoms with Gasteiger partial charge in [0.1, 0.15) is 0 Å². The lowest BCUT2D eigenvalue weighted by Gasteiger charge is -2.10. The topological polar surface area (TPSA) is 101 Å². The molecule has 0 aliphatic rings. The number of nitro benzene ring substituents is 1. The van der Waals surface area contributed by atoms with Gasteiger partial charge in [-0.15, -0.1) is 0 Å². The van der Waals surface area contributed by atoms with Crippen molar-refractivity contribution < 1.29 is 19.9 Å². The minimum absolute atomic E-state index is 0.146. The number of aliphatic hydroxyl groups is 1. The van der Waals surface area contributed by atoms with Crippen LogP contribution in [0.2, 0.25) is 5.02 Å². The van der Waals surface area contributed by atoms with Crippen LogP contribution in [0.25, 0.3) is 0 Å². The van der Waals surface area contributed by atoms with Gasteiger partial charge in [-0.05, 0) is 13.0 Å². The van der Waals surface area contributed by atoms with Crippen LogP contribution in [-0.2, 0) is 4.79 Å². The fourth-order valence-electron chi connectivity index (χ4n) is 1.32. The molecule has 0 radical (unpaired) electrons. The van der Waals surface area contributed by atoms with Crippen LogP contribution < -0.4 is 0 Å². The van der Waals surface area contributed by atoms with Gasteiger partial charge in [0, 0.05) is 5.56 Å². The van der Waals surface area contributed by atoms with E-state index < -0.39 is 22.7 Å². The fraction of sp³-hybridized carbons (Fsp3) is 0.222. The van der Waals surface area contributed by atoms with Crippen molar-refractivity contribution in [2.45, 2.75) is 13.0 Å². The van der Waals surface area contributed by atoms with Gasteiger partial charge in [0.15, 0.2) is 6.10 Å². The van der Waals surface area contributed by atoms with E-state index in [1.54, 1.807) is 0 Å². The number of hydrogen-bond acceptors (Lipinski definition) is 4. The van der Waals surface area contributed by atoms with E-state index in [4.69, 9.17) is 16.7 Å². The average Bonchev–Trinajstić information content (AvgIpc) is 2.19. The van der Waals surface area contributed by atoms with Gasteiger partial charge >= 0.3 is 5.97 Å². The Morgan fingerprint density at radius 1 is 1.56 bits per heavy atom. The number of rotatable bonds is 3. The van der Waals surface area contributed by atoms with Gasteiger partial charge in [0.2, 0.25) is 0 Å². The number of aryl methyl sites for hydroxylation is 1. The largest absolute Gasteiger partial charge is 0.479 e. The molecule has 0 bridgehead atoms. The van der Waals surface area contributed by atoms with E-state index in [-0.39, 0.29) is 16.1 Å². The van der Waals surface area contributed by atoms with E-state index in [2.05, 4.69) is 0 Å². The predicted octanol–water partition coefficient (Wildman–Crippen LogP) is 1.67. The summed E-state index contributed by atoms with van der Waals surface area (Å²) in [6.07, 6.45) is -2.01.